The SMILES string of the molecule is CCn1nc(C)cc1C(=O)Nc1nc2cc(C(N)=O)cc(OC)c2n1C/C=C/Cn1c2nc(-c3cc(C)nn3CC)ncc2c2cc(C(N)=O)cc(OCCCCC(=O)CCCC(=O)O)c21. The number of carboxylic acids is 1. The lowest BCUT2D eigenvalue weighted by Gasteiger charge is -2.13. The van der Waals surface area contributed by atoms with Crippen molar-refractivity contribution in [2.45, 2.75) is 92.4 Å². The molecule has 0 aliphatic rings. The van der Waals surface area contributed by atoms with Gasteiger partial charge in [0.25, 0.3) is 5.91 Å². The normalized spacial score (nSPS) is 11.6. The fourth-order valence-electron chi connectivity index (χ4n) is 7.95. The Balaban J connectivity index is 1.27. The van der Waals surface area contributed by atoms with Gasteiger partial charge in [-0.05, 0) is 83.4 Å². The molecule has 0 spiro atoms. The lowest BCUT2D eigenvalue weighted by atomic mass is 10.1. The van der Waals surface area contributed by atoms with Crippen LogP contribution in [0.2, 0.25) is 0 Å². The van der Waals surface area contributed by atoms with Gasteiger partial charge in [0.1, 0.15) is 39.8 Å². The number of primary amides is 2. The predicted molar refractivity (Wildman–Crippen MR) is 246 cm³/mol. The van der Waals surface area contributed by atoms with Crippen molar-refractivity contribution < 1.29 is 38.6 Å². The zero-order chi connectivity index (χ0) is 47.2. The Morgan fingerprint density at radius 2 is 1.42 bits per heavy atom. The molecule has 0 unspecified atom stereocenters. The molecule has 0 radical (unpaired) electrons. The Kier molecular flexibility index (Phi) is 13.9. The maximum Gasteiger partial charge on any atom is 0.303 e. The number of ketones is 1. The number of methoxy groups -OCH3 is 1. The number of carbonyl (C=O) groups is 5. The topological polar surface area (TPSA) is 272 Å². The van der Waals surface area contributed by atoms with Crippen molar-refractivity contribution in [3.05, 3.63) is 83.0 Å². The number of carbonyl (C=O) groups excluding carboxylic acids is 4. The first-order valence-corrected chi connectivity index (χ1v) is 21.6. The minimum atomic E-state index is -0.936. The Bertz CT molecular complexity index is 3050. The molecule has 2 aromatic carbocycles. The van der Waals surface area contributed by atoms with Crippen LogP contribution in [0.3, 0.4) is 0 Å². The standard InChI is InChI=1S/C46H52N12O8/c1-6-57-34(19-26(3)53-57)43-49-25-32-31-21-28(41(47)62)24-37(66-18-11-8-13-30(59)14-12-15-38(60)61)39(31)55(44(32)51-43)16-9-10-17-56-40-33(22-29(42(48)63)23-36(40)65-5)50-46(56)52-45(64)35-20-27(4)54-58(35)7-2/h9-10,19-25H,6-8,11-18H2,1-5H3,(H2,47,62)(H2,48,63)(H,60,61)(H,50,52,64)/b10-9+. The first kappa shape index (κ1) is 46.1. The van der Waals surface area contributed by atoms with Crippen molar-refractivity contribution in [2.24, 2.45) is 11.5 Å². The summed E-state index contributed by atoms with van der Waals surface area (Å²) in [5.74, 6) is -1.38. The number of ether oxygens (including phenoxy) is 2. The monoisotopic (exact) mass is 900 g/mol. The van der Waals surface area contributed by atoms with Gasteiger partial charge in [-0.15, -0.1) is 0 Å². The highest BCUT2D eigenvalue weighted by molar-refractivity contribution is 6.12. The molecule has 0 bridgehead atoms. The molecule has 0 aliphatic carbocycles. The summed E-state index contributed by atoms with van der Waals surface area (Å²) in [6.07, 6.45) is 7.27. The van der Waals surface area contributed by atoms with Gasteiger partial charge in [-0.25, -0.2) is 15.0 Å². The highest BCUT2D eigenvalue weighted by Crippen LogP contribution is 2.37. The van der Waals surface area contributed by atoms with E-state index in [2.05, 4.69) is 15.5 Å². The fourth-order valence-corrected chi connectivity index (χ4v) is 7.95. The summed E-state index contributed by atoms with van der Waals surface area (Å²) in [5.41, 5.74) is 16.5. The van der Waals surface area contributed by atoms with Crippen molar-refractivity contribution >= 4 is 68.4 Å². The molecule has 0 atom stereocenters. The molecule has 66 heavy (non-hydrogen) atoms. The molecule has 0 saturated carbocycles. The summed E-state index contributed by atoms with van der Waals surface area (Å²) in [6.45, 7) is 9.26. The number of hydrogen-bond acceptors (Lipinski definition) is 12. The van der Waals surface area contributed by atoms with Gasteiger partial charge in [0.15, 0.2) is 5.82 Å². The molecular formula is C46H52N12O8. The number of nitrogens with one attached hydrogen (secondary N) is 1. The lowest BCUT2D eigenvalue weighted by molar-refractivity contribution is -0.137. The largest absolute Gasteiger partial charge is 0.494 e. The van der Waals surface area contributed by atoms with E-state index in [0.717, 1.165) is 11.4 Å². The van der Waals surface area contributed by atoms with Crippen molar-refractivity contribution in [1.29, 1.82) is 0 Å². The second kappa shape index (κ2) is 19.9. The van der Waals surface area contributed by atoms with E-state index in [-0.39, 0.29) is 61.8 Å². The number of nitrogens with two attached hydrogens (primary N) is 2. The molecule has 5 aromatic heterocycles. The molecule has 7 aromatic rings. The van der Waals surface area contributed by atoms with Gasteiger partial charge in [0.05, 0.1) is 36.1 Å². The molecule has 0 aliphatic heterocycles. The van der Waals surface area contributed by atoms with Crippen LogP contribution in [-0.4, -0.2) is 91.9 Å². The molecule has 6 N–H and O–H groups in total. The molecule has 20 heteroatoms. The van der Waals surface area contributed by atoms with E-state index >= 15 is 0 Å². The van der Waals surface area contributed by atoms with Gasteiger partial charge in [-0.2, -0.15) is 10.2 Å². The molecule has 20 nitrogen and oxygen atoms in total. The van der Waals surface area contributed by atoms with Gasteiger partial charge in [0, 0.05) is 73.5 Å². The number of Topliss-reactive ketones (excluding diaryl/α,β-unsaturated/α-hetero) is 1. The number of benzene rings is 2. The summed E-state index contributed by atoms with van der Waals surface area (Å²) in [5, 5.41) is 22.1. The number of carboxylic acid groups (broad SMARTS) is 1. The lowest BCUT2D eigenvalue weighted by Crippen LogP contribution is -2.20. The van der Waals surface area contributed by atoms with Crippen molar-refractivity contribution in [1.82, 2.24) is 43.6 Å². The van der Waals surface area contributed by atoms with E-state index in [1.54, 1.807) is 46.6 Å². The minimum absolute atomic E-state index is 0.0126. The fraction of sp³-hybridized carbons (Fsp3) is 0.348. The number of aromatic nitrogens is 9. The van der Waals surface area contributed by atoms with Gasteiger partial charge >= 0.3 is 5.97 Å². The molecule has 5 heterocycles. The third-order valence-electron chi connectivity index (χ3n) is 11.0. The number of rotatable bonds is 22. The van der Waals surface area contributed by atoms with Gasteiger partial charge in [0.2, 0.25) is 17.8 Å². The molecular weight excluding hydrogens is 849 g/mol. The van der Waals surface area contributed by atoms with Crippen LogP contribution in [0.4, 0.5) is 5.95 Å². The highest BCUT2D eigenvalue weighted by atomic mass is 16.5. The van der Waals surface area contributed by atoms with E-state index in [4.69, 9.17) is 41.0 Å². The van der Waals surface area contributed by atoms with E-state index in [0.29, 0.717) is 94.0 Å². The van der Waals surface area contributed by atoms with E-state index in [1.165, 1.54) is 13.2 Å². The van der Waals surface area contributed by atoms with Crippen LogP contribution in [0, 0.1) is 13.8 Å². The molecule has 0 saturated heterocycles. The van der Waals surface area contributed by atoms with Gasteiger partial charge in [-0.3, -0.25) is 38.7 Å². The Morgan fingerprint density at radius 1 is 0.758 bits per heavy atom. The van der Waals surface area contributed by atoms with Crippen molar-refractivity contribution in [2.75, 3.05) is 19.0 Å². The van der Waals surface area contributed by atoms with Crippen LogP contribution in [0.5, 0.6) is 11.5 Å². The number of anilines is 1. The molecule has 0 fully saturated rings. The number of aliphatic carboxylic acids is 1. The summed E-state index contributed by atoms with van der Waals surface area (Å²) in [4.78, 5) is 76.5. The number of imidazole rings is 1. The summed E-state index contributed by atoms with van der Waals surface area (Å²) >= 11 is 0. The number of allylic oxidation sites excluding steroid dienone is 2. The zero-order valence-corrected chi connectivity index (χ0v) is 37.5. The molecule has 3 amide bonds. The van der Waals surface area contributed by atoms with Crippen molar-refractivity contribution in [3.63, 3.8) is 0 Å². The van der Waals surface area contributed by atoms with Crippen LogP contribution >= 0.6 is 0 Å². The zero-order valence-electron chi connectivity index (χ0n) is 37.5. The van der Waals surface area contributed by atoms with Crippen LogP contribution in [0.1, 0.15) is 95.0 Å². The minimum Gasteiger partial charge on any atom is -0.494 e. The Morgan fingerprint density at radius 3 is 2.12 bits per heavy atom. The van der Waals surface area contributed by atoms with Crippen LogP contribution in [0.15, 0.2) is 54.7 Å². The molecule has 7 rings (SSSR count). The van der Waals surface area contributed by atoms with E-state index < -0.39 is 23.7 Å². The third kappa shape index (κ3) is 9.76. The average molecular weight is 901 g/mol. The second-order valence-corrected chi connectivity index (χ2v) is 15.7. The maximum atomic E-state index is 13.7. The second-order valence-electron chi connectivity index (χ2n) is 15.7. The van der Waals surface area contributed by atoms with Crippen molar-refractivity contribution in [3.8, 4) is 23.0 Å². The van der Waals surface area contributed by atoms with Crippen LogP contribution in [-0.2, 0) is 35.8 Å². The summed E-state index contributed by atoms with van der Waals surface area (Å²) < 4.78 is 19.3. The van der Waals surface area contributed by atoms with E-state index in [9.17, 15) is 24.0 Å². The van der Waals surface area contributed by atoms with Crippen LogP contribution in [0.25, 0.3) is 44.5 Å². The first-order chi connectivity index (χ1) is 31.7. The third-order valence-corrected chi connectivity index (χ3v) is 11.0. The van der Waals surface area contributed by atoms with Crippen LogP contribution < -0.4 is 26.3 Å². The number of nitrogens with zero attached hydrogens (tertiary/aromatic N) is 9. The number of aryl methyl sites for hydroxylation is 4. The summed E-state index contributed by atoms with van der Waals surface area (Å²) in [6, 6.07) is 9.96. The average Bonchev–Trinajstić information content (AvgIpc) is 4.05. The maximum absolute atomic E-state index is 13.7. The number of fused-ring (bicyclic) bond motifs is 4. The number of hydrogen-bond donors (Lipinski definition) is 4. The van der Waals surface area contributed by atoms with Gasteiger partial charge < -0.3 is 35.2 Å². The number of amides is 3. The van der Waals surface area contributed by atoms with E-state index in [1.807, 2.05) is 48.2 Å². The first-order valence-electron chi connectivity index (χ1n) is 21.6. The molecule has 344 valence electrons. The van der Waals surface area contributed by atoms with Gasteiger partial charge in [-0.1, -0.05) is 12.2 Å². The Hall–Kier alpha value is -7.90. The smallest absolute Gasteiger partial charge is 0.303 e. The Labute approximate surface area is 378 Å². The quantitative estimate of drug-likeness (QED) is 0.0467. The number of unbranched alkanes of at least 4 members (excludes halogenated alkanes) is 1. The predicted octanol–water partition coefficient (Wildman–Crippen LogP) is 5.74. The summed E-state index contributed by atoms with van der Waals surface area (Å²) in [7, 11) is 1.47. The highest BCUT2D eigenvalue weighted by Gasteiger charge is 2.23.